The first-order valence-corrected chi connectivity index (χ1v) is 11.2. The number of rotatable bonds is 4. The number of ether oxygens (including phenoxy) is 1. The number of morpholine rings is 1. The molecule has 1 aromatic carbocycles. The smallest absolute Gasteiger partial charge is 0.319 e. The number of nitrogens with one attached hydrogen (secondary N) is 1. The second kappa shape index (κ2) is 7.22. The Morgan fingerprint density at radius 3 is 2.71 bits per heavy atom. The Kier molecular flexibility index (Phi) is 4.45. The molecule has 3 aliphatic rings. The van der Waals surface area contributed by atoms with Crippen LogP contribution in [0.25, 0.3) is 16.9 Å². The number of likely N-dealkylation sites (tertiary alicyclic amines) is 2. The fourth-order valence-electron chi connectivity index (χ4n) is 4.91. The van der Waals surface area contributed by atoms with Crippen molar-refractivity contribution in [3.8, 4) is 11.3 Å². The molecule has 0 radical (unpaired) electrons. The molecular weight excluding hydrogens is 414 g/mol. The van der Waals surface area contributed by atoms with Crippen molar-refractivity contribution in [2.45, 2.75) is 31.2 Å². The Morgan fingerprint density at radius 2 is 2.00 bits per heavy atom. The van der Waals surface area contributed by atoms with E-state index in [4.69, 9.17) is 21.3 Å². The zero-order chi connectivity index (χ0) is 21.0. The highest BCUT2D eigenvalue weighted by Gasteiger charge is 2.63. The first-order chi connectivity index (χ1) is 15.1. The van der Waals surface area contributed by atoms with Crippen LogP contribution in [0.3, 0.4) is 0 Å². The van der Waals surface area contributed by atoms with E-state index in [0.717, 1.165) is 55.1 Å². The maximum atomic E-state index is 12.8. The molecule has 2 atom stereocenters. The number of fused-ring (bicyclic) bond motifs is 2. The molecule has 8 heteroatoms. The normalized spacial score (nSPS) is 25.2. The van der Waals surface area contributed by atoms with Crippen LogP contribution in [0.15, 0.2) is 48.7 Å². The molecule has 3 aliphatic heterocycles. The van der Waals surface area contributed by atoms with Crippen molar-refractivity contribution in [1.82, 2.24) is 24.5 Å². The molecule has 2 amide bonds. The van der Waals surface area contributed by atoms with Crippen LogP contribution in [0.1, 0.15) is 18.5 Å². The summed E-state index contributed by atoms with van der Waals surface area (Å²) in [7, 11) is 0. The summed E-state index contributed by atoms with van der Waals surface area (Å²) in [6.07, 6.45) is 4.26. The summed E-state index contributed by atoms with van der Waals surface area (Å²) in [6.45, 7) is 3.65. The lowest BCUT2D eigenvalue weighted by atomic mass is 9.85. The number of benzene rings is 1. The molecule has 7 nitrogen and oxygen atoms in total. The van der Waals surface area contributed by atoms with Gasteiger partial charge in [0, 0.05) is 43.0 Å². The standard InChI is InChI=1S/C23H24ClN5O2/c24-17-8-6-16(7-9-17)21-18(29-12-2-1-5-20(29)25-21)13-28-14-19-23(28,15-31-19)26-22(30)27-10-3-4-11-27/h1-2,5-9,12,19H,3-4,10-11,13-15H2,(H,26,30). The summed E-state index contributed by atoms with van der Waals surface area (Å²) >= 11 is 6.10. The second-order valence-electron chi connectivity index (χ2n) is 8.57. The molecule has 160 valence electrons. The molecule has 1 N–H and O–H groups in total. The molecule has 0 bridgehead atoms. The van der Waals surface area contributed by atoms with E-state index in [1.807, 2.05) is 53.6 Å². The average Bonchev–Trinajstić information content (AvgIpc) is 3.44. The number of amides is 2. The van der Waals surface area contributed by atoms with Crippen LogP contribution in [0, 0.1) is 0 Å². The maximum absolute atomic E-state index is 12.8. The fraction of sp³-hybridized carbons (Fsp3) is 0.391. The summed E-state index contributed by atoms with van der Waals surface area (Å²) in [5, 5.41) is 3.99. The van der Waals surface area contributed by atoms with Gasteiger partial charge in [0.05, 0.1) is 18.0 Å². The van der Waals surface area contributed by atoms with E-state index in [1.165, 1.54) is 0 Å². The molecule has 3 saturated heterocycles. The van der Waals surface area contributed by atoms with E-state index in [1.54, 1.807) is 0 Å². The molecule has 3 aromatic rings. The molecule has 31 heavy (non-hydrogen) atoms. The van der Waals surface area contributed by atoms with Crippen molar-refractivity contribution in [3.05, 3.63) is 59.4 Å². The van der Waals surface area contributed by atoms with Crippen molar-refractivity contribution in [3.63, 3.8) is 0 Å². The minimum Gasteiger partial charge on any atom is -0.369 e. The Balaban J connectivity index is 1.32. The van der Waals surface area contributed by atoms with Crippen molar-refractivity contribution < 1.29 is 9.53 Å². The van der Waals surface area contributed by atoms with Gasteiger partial charge in [0.25, 0.3) is 0 Å². The molecule has 6 rings (SSSR count). The van der Waals surface area contributed by atoms with Crippen LogP contribution in [0.2, 0.25) is 5.02 Å². The van der Waals surface area contributed by atoms with Crippen molar-refractivity contribution in [2.75, 3.05) is 26.2 Å². The number of carbonyl (C=O) groups excluding carboxylic acids is 1. The van der Waals surface area contributed by atoms with Gasteiger partial charge in [0.2, 0.25) is 0 Å². The minimum absolute atomic E-state index is 0.0200. The maximum Gasteiger partial charge on any atom is 0.319 e. The molecule has 0 aliphatic carbocycles. The summed E-state index contributed by atoms with van der Waals surface area (Å²) in [6, 6.07) is 13.8. The Hall–Kier alpha value is -2.61. The summed E-state index contributed by atoms with van der Waals surface area (Å²) in [4.78, 5) is 21.9. The van der Waals surface area contributed by atoms with E-state index >= 15 is 0 Å². The number of pyridine rings is 1. The lowest BCUT2D eigenvalue weighted by Crippen LogP contribution is -2.87. The van der Waals surface area contributed by atoms with Gasteiger partial charge in [0.1, 0.15) is 17.4 Å². The molecular formula is C23H24ClN5O2. The van der Waals surface area contributed by atoms with E-state index in [2.05, 4.69) is 14.6 Å². The highest BCUT2D eigenvalue weighted by Crippen LogP contribution is 2.42. The summed E-state index contributed by atoms with van der Waals surface area (Å²) in [5.41, 5.74) is 3.54. The quantitative estimate of drug-likeness (QED) is 0.679. The molecule has 2 unspecified atom stereocenters. The number of imidazole rings is 1. The monoisotopic (exact) mass is 437 g/mol. The minimum atomic E-state index is -0.421. The van der Waals surface area contributed by atoms with E-state index in [0.29, 0.717) is 18.2 Å². The second-order valence-corrected chi connectivity index (χ2v) is 9.01. The van der Waals surface area contributed by atoms with Crippen LogP contribution in [-0.2, 0) is 11.3 Å². The fourth-order valence-corrected chi connectivity index (χ4v) is 5.04. The van der Waals surface area contributed by atoms with Gasteiger partial charge in [-0.2, -0.15) is 0 Å². The molecule has 0 spiro atoms. The van der Waals surface area contributed by atoms with Crippen LogP contribution in [0.5, 0.6) is 0 Å². The predicted octanol–water partition coefficient (Wildman–Crippen LogP) is 3.37. The third-order valence-corrected chi connectivity index (χ3v) is 7.04. The molecule has 3 fully saturated rings. The Bertz CT molecular complexity index is 1140. The van der Waals surface area contributed by atoms with Gasteiger partial charge in [-0.05, 0) is 37.1 Å². The van der Waals surface area contributed by atoms with Crippen LogP contribution >= 0.6 is 11.6 Å². The lowest BCUT2D eigenvalue weighted by Gasteiger charge is -2.64. The van der Waals surface area contributed by atoms with Gasteiger partial charge < -0.3 is 19.4 Å². The largest absolute Gasteiger partial charge is 0.369 e. The van der Waals surface area contributed by atoms with Gasteiger partial charge in [-0.25, -0.2) is 9.78 Å². The molecule has 5 heterocycles. The van der Waals surface area contributed by atoms with E-state index in [-0.39, 0.29) is 12.1 Å². The van der Waals surface area contributed by atoms with E-state index < -0.39 is 5.66 Å². The van der Waals surface area contributed by atoms with Crippen LogP contribution < -0.4 is 5.32 Å². The van der Waals surface area contributed by atoms with Gasteiger partial charge >= 0.3 is 6.03 Å². The zero-order valence-corrected chi connectivity index (χ0v) is 17.9. The number of aromatic nitrogens is 2. The zero-order valence-electron chi connectivity index (χ0n) is 17.1. The lowest BCUT2D eigenvalue weighted by molar-refractivity contribution is -0.294. The van der Waals surface area contributed by atoms with Crippen molar-refractivity contribution >= 4 is 23.3 Å². The highest BCUT2D eigenvalue weighted by atomic mass is 35.5. The highest BCUT2D eigenvalue weighted by molar-refractivity contribution is 6.30. The van der Waals surface area contributed by atoms with Gasteiger partial charge in [-0.1, -0.05) is 29.8 Å². The first-order valence-electron chi connectivity index (χ1n) is 10.8. The average molecular weight is 438 g/mol. The number of urea groups is 1. The Morgan fingerprint density at radius 1 is 1.19 bits per heavy atom. The molecule has 2 aromatic heterocycles. The van der Waals surface area contributed by atoms with Gasteiger partial charge in [-0.15, -0.1) is 0 Å². The van der Waals surface area contributed by atoms with Gasteiger partial charge in [-0.3, -0.25) is 4.90 Å². The van der Waals surface area contributed by atoms with Gasteiger partial charge in [0.15, 0.2) is 0 Å². The summed E-state index contributed by atoms with van der Waals surface area (Å²) in [5.74, 6) is 0. The van der Waals surface area contributed by atoms with Crippen molar-refractivity contribution in [2.24, 2.45) is 0 Å². The van der Waals surface area contributed by atoms with Crippen LogP contribution in [0.4, 0.5) is 4.79 Å². The number of hydrogen-bond donors (Lipinski definition) is 1. The topological polar surface area (TPSA) is 62.1 Å². The molecule has 0 saturated carbocycles. The van der Waals surface area contributed by atoms with Crippen LogP contribution in [-0.4, -0.2) is 63.2 Å². The first kappa shape index (κ1) is 19.1. The third-order valence-electron chi connectivity index (χ3n) is 6.79. The van der Waals surface area contributed by atoms with Crippen molar-refractivity contribution in [1.29, 1.82) is 0 Å². The Labute approximate surface area is 185 Å². The number of hydrogen-bond acceptors (Lipinski definition) is 4. The number of halogens is 1. The van der Waals surface area contributed by atoms with E-state index in [9.17, 15) is 4.79 Å². The number of carbonyl (C=O) groups is 1. The number of nitrogens with zero attached hydrogens (tertiary/aromatic N) is 4. The predicted molar refractivity (Wildman–Crippen MR) is 118 cm³/mol. The third kappa shape index (κ3) is 3.03. The SMILES string of the molecule is O=C(NC12COC1CN2Cc1c(-c2ccc(Cl)cc2)nc2ccccn12)N1CCCC1. The summed E-state index contributed by atoms with van der Waals surface area (Å²) < 4.78 is 7.88.